The first-order valence-electron chi connectivity index (χ1n) is 18.1. The summed E-state index contributed by atoms with van der Waals surface area (Å²) in [6.07, 6.45) is 13.8. The maximum Gasteiger partial charge on any atom is 0.411 e. The SMILES string of the molecule is CC(C)CCC[C@@H](C)[C@H]1CC[C@H]2[C@@H]3CC=C4C[C@@H](OC(=O)Nc5ccc(S(=O)(=O)O)c6cccc(S(=O)(=O)O)c56)CC[C@]4(C)[C@H]3CC[C@]12C. The van der Waals surface area contributed by atoms with E-state index in [1.807, 2.05) is 0 Å². The van der Waals surface area contributed by atoms with E-state index in [9.17, 15) is 30.7 Å². The van der Waals surface area contributed by atoms with Crippen molar-refractivity contribution in [1.29, 1.82) is 0 Å². The fraction of sp³-hybridized carbons (Fsp3) is 0.658. The van der Waals surface area contributed by atoms with Gasteiger partial charge in [0.25, 0.3) is 20.2 Å². The summed E-state index contributed by atoms with van der Waals surface area (Å²) in [6.45, 7) is 12.2. The normalized spacial score (nSPS) is 32.2. The molecule has 8 atom stereocenters. The van der Waals surface area contributed by atoms with Crippen molar-refractivity contribution in [2.75, 3.05) is 5.32 Å². The molecule has 0 radical (unpaired) electrons. The number of hydrogen-bond acceptors (Lipinski definition) is 6. The number of carbonyl (C=O) groups excluding carboxylic acids is 1. The van der Waals surface area contributed by atoms with Crippen LogP contribution in [0.2, 0.25) is 0 Å². The van der Waals surface area contributed by atoms with E-state index in [1.54, 1.807) is 0 Å². The van der Waals surface area contributed by atoms with Crippen LogP contribution in [0, 0.1) is 46.3 Å². The van der Waals surface area contributed by atoms with Crippen LogP contribution in [-0.2, 0) is 25.0 Å². The number of rotatable bonds is 9. The van der Waals surface area contributed by atoms with Crippen LogP contribution < -0.4 is 5.32 Å². The van der Waals surface area contributed by atoms with Gasteiger partial charge in [-0.1, -0.05) is 77.7 Å². The molecule has 4 aliphatic carbocycles. The molecular formula is C38H53NO8S2. The smallest absolute Gasteiger partial charge is 0.411 e. The lowest BCUT2D eigenvalue weighted by Gasteiger charge is -2.58. The summed E-state index contributed by atoms with van der Waals surface area (Å²) in [5, 5.41) is 2.18. The largest absolute Gasteiger partial charge is 0.446 e. The summed E-state index contributed by atoms with van der Waals surface area (Å²) in [5.41, 5.74) is 1.80. The predicted molar refractivity (Wildman–Crippen MR) is 191 cm³/mol. The fourth-order valence-electron chi connectivity index (χ4n) is 10.9. The van der Waals surface area contributed by atoms with Crippen molar-refractivity contribution in [3.63, 3.8) is 0 Å². The highest BCUT2D eigenvalue weighted by molar-refractivity contribution is 7.86. The second kappa shape index (κ2) is 13.3. The Morgan fingerprint density at radius 3 is 2.35 bits per heavy atom. The van der Waals surface area contributed by atoms with Crippen molar-refractivity contribution in [1.82, 2.24) is 0 Å². The zero-order chi connectivity index (χ0) is 35.5. The molecule has 0 saturated heterocycles. The van der Waals surface area contributed by atoms with E-state index >= 15 is 0 Å². The highest BCUT2D eigenvalue weighted by atomic mass is 32.2. The average molecular weight is 716 g/mol. The maximum absolute atomic E-state index is 13.2. The summed E-state index contributed by atoms with van der Waals surface area (Å²) < 4.78 is 74.0. The molecule has 0 heterocycles. The van der Waals surface area contributed by atoms with Gasteiger partial charge in [-0.2, -0.15) is 16.8 Å². The van der Waals surface area contributed by atoms with Crippen molar-refractivity contribution < 1.29 is 35.5 Å². The number of allylic oxidation sites excluding steroid dienone is 1. The number of hydrogen-bond donors (Lipinski definition) is 3. The van der Waals surface area contributed by atoms with Gasteiger partial charge in [0, 0.05) is 17.2 Å². The van der Waals surface area contributed by atoms with Gasteiger partial charge in [-0.15, -0.1) is 0 Å². The fourth-order valence-corrected chi connectivity index (χ4v) is 12.4. The second-order valence-corrected chi connectivity index (χ2v) is 19.2. The number of amides is 1. The molecule has 0 aromatic heterocycles. The monoisotopic (exact) mass is 715 g/mol. The van der Waals surface area contributed by atoms with Crippen LogP contribution in [0.25, 0.3) is 10.8 Å². The molecule has 0 bridgehead atoms. The molecule has 2 aromatic rings. The number of benzene rings is 2. The minimum Gasteiger partial charge on any atom is -0.446 e. The van der Waals surface area contributed by atoms with Crippen molar-refractivity contribution in [3.8, 4) is 0 Å². The Kier molecular flexibility index (Phi) is 9.83. The van der Waals surface area contributed by atoms with Crippen molar-refractivity contribution in [2.45, 2.75) is 121 Å². The third-order valence-electron chi connectivity index (χ3n) is 13.3. The number of nitrogens with one attached hydrogen (secondary N) is 1. The van der Waals surface area contributed by atoms with Crippen LogP contribution in [0.3, 0.4) is 0 Å². The van der Waals surface area contributed by atoms with Crippen LogP contribution in [0.4, 0.5) is 10.5 Å². The Hall–Kier alpha value is -2.47. The van der Waals surface area contributed by atoms with Gasteiger partial charge in [-0.3, -0.25) is 14.4 Å². The van der Waals surface area contributed by atoms with Crippen LogP contribution >= 0.6 is 0 Å². The molecule has 0 aliphatic heterocycles. The van der Waals surface area contributed by atoms with E-state index in [4.69, 9.17) is 4.74 Å². The molecular weight excluding hydrogens is 663 g/mol. The van der Waals surface area contributed by atoms with E-state index < -0.39 is 36.1 Å². The average Bonchev–Trinajstić information content (AvgIpc) is 3.37. The zero-order valence-corrected chi connectivity index (χ0v) is 31.1. The minimum atomic E-state index is -4.81. The lowest BCUT2D eigenvalue weighted by molar-refractivity contribution is -0.0577. The lowest BCUT2D eigenvalue weighted by atomic mass is 9.47. The third kappa shape index (κ3) is 6.81. The van der Waals surface area contributed by atoms with Crippen LogP contribution in [0.15, 0.2) is 51.8 Å². The summed E-state index contributed by atoms with van der Waals surface area (Å²) in [5.74, 6) is 4.42. The van der Waals surface area contributed by atoms with Gasteiger partial charge in [0.1, 0.15) is 15.9 Å². The lowest BCUT2D eigenvalue weighted by Crippen LogP contribution is -2.51. The number of carbonyl (C=O) groups is 1. The molecule has 0 spiro atoms. The van der Waals surface area contributed by atoms with Gasteiger partial charge >= 0.3 is 6.09 Å². The van der Waals surface area contributed by atoms with Crippen molar-refractivity contribution in [2.24, 2.45) is 46.3 Å². The summed E-state index contributed by atoms with van der Waals surface area (Å²) in [6, 6.07) is 5.89. The van der Waals surface area contributed by atoms with Crippen LogP contribution in [0.1, 0.15) is 105 Å². The minimum absolute atomic E-state index is 0.0599. The van der Waals surface area contributed by atoms with Gasteiger partial charge < -0.3 is 4.74 Å². The molecule has 9 nitrogen and oxygen atoms in total. The molecule has 3 fully saturated rings. The first-order chi connectivity index (χ1) is 22.9. The van der Waals surface area contributed by atoms with E-state index in [1.165, 1.54) is 68.7 Å². The number of ether oxygens (including phenoxy) is 1. The Bertz CT molecular complexity index is 1850. The topological polar surface area (TPSA) is 147 Å². The van der Waals surface area contributed by atoms with Gasteiger partial charge in [0.2, 0.25) is 0 Å². The summed E-state index contributed by atoms with van der Waals surface area (Å²) >= 11 is 0. The van der Waals surface area contributed by atoms with Gasteiger partial charge in [0.05, 0.1) is 5.69 Å². The first-order valence-corrected chi connectivity index (χ1v) is 21.0. The van der Waals surface area contributed by atoms with Crippen LogP contribution in [0.5, 0.6) is 0 Å². The van der Waals surface area contributed by atoms with Crippen molar-refractivity contribution >= 4 is 42.8 Å². The quantitative estimate of drug-likeness (QED) is 0.172. The highest BCUT2D eigenvalue weighted by Crippen LogP contribution is 2.67. The molecule has 6 rings (SSSR count). The highest BCUT2D eigenvalue weighted by Gasteiger charge is 2.59. The zero-order valence-electron chi connectivity index (χ0n) is 29.4. The standard InChI is InChI=1S/C38H53NO8S2/c1-23(2)8-6-9-24(3)29-14-15-30-27-13-12-25-22-26(18-20-37(25,4)31(27)19-21-38(29,30)5)47-36(40)39-32-16-17-33(48(41,42)43)28-10-7-11-34(35(28)32)49(44,45)46/h7,10-12,16-17,23-24,26-27,29-31H,6,8-9,13-15,18-22H2,1-5H3,(H,39,40)(H,41,42,43)(H,44,45,46)/t24-,26+,27+,29-,30+,31+,37+,38-/m1/s1. The second-order valence-electron chi connectivity index (χ2n) is 16.4. The van der Waals surface area contributed by atoms with Crippen LogP contribution in [-0.4, -0.2) is 38.1 Å². The van der Waals surface area contributed by atoms with E-state index in [0.29, 0.717) is 30.1 Å². The molecule has 49 heavy (non-hydrogen) atoms. The van der Waals surface area contributed by atoms with Gasteiger partial charge in [-0.05, 0) is 109 Å². The van der Waals surface area contributed by atoms with E-state index in [0.717, 1.165) is 48.6 Å². The Balaban J connectivity index is 1.16. The van der Waals surface area contributed by atoms with Crippen molar-refractivity contribution in [3.05, 3.63) is 42.0 Å². The molecule has 0 unspecified atom stereocenters. The molecule has 3 saturated carbocycles. The molecule has 2 aromatic carbocycles. The molecule has 270 valence electrons. The Labute approximate surface area is 292 Å². The van der Waals surface area contributed by atoms with Gasteiger partial charge in [-0.25, -0.2) is 4.79 Å². The molecule has 11 heteroatoms. The maximum atomic E-state index is 13.2. The van der Waals surface area contributed by atoms with E-state index in [-0.39, 0.29) is 28.0 Å². The first kappa shape index (κ1) is 36.3. The van der Waals surface area contributed by atoms with E-state index in [2.05, 4.69) is 46.0 Å². The molecule has 3 N–H and O–H groups in total. The summed E-state index contributed by atoms with van der Waals surface area (Å²) in [4.78, 5) is 12.1. The Morgan fingerprint density at radius 1 is 0.918 bits per heavy atom. The summed E-state index contributed by atoms with van der Waals surface area (Å²) in [7, 11) is -9.54. The molecule has 4 aliphatic rings. The number of fused-ring (bicyclic) bond motifs is 6. The predicted octanol–water partition coefficient (Wildman–Crippen LogP) is 9.29. The van der Waals surface area contributed by atoms with Gasteiger partial charge in [0.15, 0.2) is 0 Å². The third-order valence-corrected chi connectivity index (χ3v) is 15.1. The molecule has 1 amide bonds. The number of anilines is 1. The Morgan fingerprint density at radius 2 is 1.65 bits per heavy atom.